The fourth-order valence-corrected chi connectivity index (χ4v) is 1.92. The van der Waals surface area contributed by atoms with Crippen LogP contribution in [0.25, 0.3) is 0 Å². The second kappa shape index (κ2) is 5.69. The molecule has 0 atom stereocenters. The van der Waals surface area contributed by atoms with Crippen molar-refractivity contribution in [1.29, 1.82) is 0 Å². The normalized spacial score (nSPS) is 10.4. The molecule has 94 valence electrons. The van der Waals surface area contributed by atoms with E-state index in [1.807, 2.05) is 0 Å². The predicted octanol–water partition coefficient (Wildman–Crippen LogP) is 3.37. The molecular formula is C16H20N2. The van der Waals surface area contributed by atoms with Gasteiger partial charge < -0.3 is 11.1 Å². The van der Waals surface area contributed by atoms with Gasteiger partial charge in [0.15, 0.2) is 0 Å². The lowest BCUT2D eigenvalue weighted by Crippen LogP contribution is -2.02. The van der Waals surface area contributed by atoms with Crippen molar-refractivity contribution in [3.63, 3.8) is 0 Å². The second-order valence-corrected chi connectivity index (χ2v) is 4.68. The zero-order valence-corrected chi connectivity index (χ0v) is 11.0. The number of aryl methyl sites for hydroxylation is 2. The van der Waals surface area contributed by atoms with Crippen LogP contribution in [0.3, 0.4) is 0 Å². The quantitative estimate of drug-likeness (QED) is 0.860. The summed E-state index contributed by atoms with van der Waals surface area (Å²) in [5, 5.41) is 3.44. The van der Waals surface area contributed by atoms with Crippen LogP contribution in [0, 0.1) is 13.8 Å². The summed E-state index contributed by atoms with van der Waals surface area (Å²) in [6.45, 7) is 5.69. The number of anilines is 1. The Balaban J connectivity index is 2.04. The Labute approximate surface area is 109 Å². The van der Waals surface area contributed by atoms with E-state index in [9.17, 15) is 0 Å². The molecule has 2 aromatic carbocycles. The van der Waals surface area contributed by atoms with Crippen LogP contribution in [0.4, 0.5) is 5.69 Å². The molecule has 2 heteroatoms. The van der Waals surface area contributed by atoms with Gasteiger partial charge in [0.05, 0.1) is 0 Å². The molecule has 2 nitrogen and oxygen atoms in total. The SMILES string of the molecule is Cc1ccc(NCc2cccc(CN)c2)cc1C. The van der Waals surface area contributed by atoms with Crippen molar-refractivity contribution in [3.8, 4) is 0 Å². The lowest BCUT2D eigenvalue weighted by atomic mass is 10.1. The highest BCUT2D eigenvalue weighted by molar-refractivity contribution is 5.48. The van der Waals surface area contributed by atoms with Gasteiger partial charge in [0.2, 0.25) is 0 Å². The van der Waals surface area contributed by atoms with E-state index in [-0.39, 0.29) is 0 Å². The summed E-state index contributed by atoms with van der Waals surface area (Å²) in [7, 11) is 0. The lowest BCUT2D eigenvalue weighted by molar-refractivity contribution is 1.05. The number of hydrogen-bond acceptors (Lipinski definition) is 2. The Morgan fingerprint density at radius 2 is 1.72 bits per heavy atom. The highest BCUT2D eigenvalue weighted by Crippen LogP contribution is 2.15. The maximum atomic E-state index is 5.64. The molecule has 0 aliphatic heterocycles. The molecule has 0 aromatic heterocycles. The summed E-state index contributed by atoms with van der Waals surface area (Å²) in [6.07, 6.45) is 0. The highest BCUT2D eigenvalue weighted by atomic mass is 14.9. The molecule has 0 heterocycles. The molecule has 0 unspecified atom stereocenters. The van der Waals surface area contributed by atoms with Crippen molar-refractivity contribution >= 4 is 5.69 Å². The van der Waals surface area contributed by atoms with Crippen LogP contribution in [0.5, 0.6) is 0 Å². The average Bonchev–Trinajstić information content (AvgIpc) is 2.40. The Morgan fingerprint density at radius 3 is 2.44 bits per heavy atom. The molecule has 0 aliphatic carbocycles. The Kier molecular flexibility index (Phi) is 4.00. The van der Waals surface area contributed by atoms with Crippen LogP contribution in [-0.2, 0) is 13.1 Å². The molecule has 2 rings (SSSR count). The first-order chi connectivity index (χ1) is 8.69. The number of nitrogens with one attached hydrogen (secondary N) is 1. The van der Waals surface area contributed by atoms with E-state index in [2.05, 4.69) is 61.6 Å². The largest absolute Gasteiger partial charge is 0.381 e. The summed E-state index contributed by atoms with van der Waals surface area (Å²) in [5.74, 6) is 0. The molecule has 0 bridgehead atoms. The summed E-state index contributed by atoms with van der Waals surface area (Å²) >= 11 is 0. The van der Waals surface area contributed by atoms with Crippen molar-refractivity contribution in [1.82, 2.24) is 0 Å². The van der Waals surface area contributed by atoms with Crippen molar-refractivity contribution in [2.24, 2.45) is 5.73 Å². The molecule has 3 N–H and O–H groups in total. The van der Waals surface area contributed by atoms with Crippen molar-refractivity contribution in [2.45, 2.75) is 26.9 Å². The standard InChI is InChI=1S/C16H20N2/c1-12-6-7-16(8-13(12)2)18-11-15-5-3-4-14(9-15)10-17/h3-9,18H,10-11,17H2,1-2H3. The predicted molar refractivity (Wildman–Crippen MR) is 77.6 cm³/mol. The summed E-state index contributed by atoms with van der Waals surface area (Å²) in [4.78, 5) is 0. The van der Waals surface area contributed by atoms with Gasteiger partial charge in [-0.05, 0) is 48.2 Å². The minimum atomic E-state index is 0.595. The fourth-order valence-electron chi connectivity index (χ4n) is 1.92. The maximum absolute atomic E-state index is 5.64. The molecule has 0 radical (unpaired) electrons. The van der Waals surface area contributed by atoms with Crippen LogP contribution in [0.15, 0.2) is 42.5 Å². The van der Waals surface area contributed by atoms with E-state index in [0.29, 0.717) is 6.54 Å². The van der Waals surface area contributed by atoms with Gasteiger partial charge in [-0.2, -0.15) is 0 Å². The third-order valence-electron chi connectivity index (χ3n) is 3.23. The molecule has 0 saturated heterocycles. The first-order valence-corrected chi connectivity index (χ1v) is 6.28. The molecule has 0 amide bonds. The van der Waals surface area contributed by atoms with Crippen LogP contribution >= 0.6 is 0 Å². The molecule has 2 aromatic rings. The third kappa shape index (κ3) is 3.11. The number of nitrogens with two attached hydrogens (primary N) is 1. The van der Waals surface area contributed by atoms with Gasteiger partial charge in [-0.25, -0.2) is 0 Å². The van der Waals surface area contributed by atoms with Crippen molar-refractivity contribution in [3.05, 3.63) is 64.7 Å². The highest BCUT2D eigenvalue weighted by Gasteiger charge is 1.98. The van der Waals surface area contributed by atoms with Gasteiger partial charge in [0, 0.05) is 18.8 Å². The van der Waals surface area contributed by atoms with Gasteiger partial charge in [-0.3, -0.25) is 0 Å². The summed E-state index contributed by atoms with van der Waals surface area (Å²) < 4.78 is 0. The van der Waals surface area contributed by atoms with E-state index in [0.717, 1.165) is 12.2 Å². The van der Waals surface area contributed by atoms with Gasteiger partial charge in [0.25, 0.3) is 0 Å². The topological polar surface area (TPSA) is 38.0 Å². The van der Waals surface area contributed by atoms with Crippen LogP contribution in [0.1, 0.15) is 22.3 Å². The molecule has 0 saturated carbocycles. The summed E-state index contributed by atoms with van der Waals surface area (Å²) in [5.41, 5.74) is 11.9. The average molecular weight is 240 g/mol. The van der Waals surface area contributed by atoms with Crippen LogP contribution in [0.2, 0.25) is 0 Å². The van der Waals surface area contributed by atoms with E-state index >= 15 is 0 Å². The van der Waals surface area contributed by atoms with Crippen LogP contribution < -0.4 is 11.1 Å². The fraction of sp³-hybridized carbons (Fsp3) is 0.250. The number of benzene rings is 2. The van der Waals surface area contributed by atoms with E-state index < -0.39 is 0 Å². The minimum Gasteiger partial charge on any atom is -0.381 e. The van der Waals surface area contributed by atoms with Gasteiger partial charge in [-0.15, -0.1) is 0 Å². The lowest BCUT2D eigenvalue weighted by Gasteiger charge is -2.09. The molecule has 0 spiro atoms. The van der Waals surface area contributed by atoms with E-state index in [4.69, 9.17) is 5.73 Å². The number of rotatable bonds is 4. The minimum absolute atomic E-state index is 0.595. The first-order valence-electron chi connectivity index (χ1n) is 6.28. The third-order valence-corrected chi connectivity index (χ3v) is 3.23. The molecular weight excluding hydrogens is 220 g/mol. The van der Waals surface area contributed by atoms with Gasteiger partial charge in [-0.1, -0.05) is 30.3 Å². The smallest absolute Gasteiger partial charge is 0.0400 e. The Morgan fingerprint density at radius 1 is 0.944 bits per heavy atom. The van der Waals surface area contributed by atoms with Gasteiger partial charge in [0.1, 0.15) is 0 Å². The molecule has 0 fully saturated rings. The van der Waals surface area contributed by atoms with Crippen molar-refractivity contribution < 1.29 is 0 Å². The first kappa shape index (κ1) is 12.7. The Bertz CT molecular complexity index is 532. The van der Waals surface area contributed by atoms with E-state index in [1.54, 1.807) is 0 Å². The molecule has 18 heavy (non-hydrogen) atoms. The maximum Gasteiger partial charge on any atom is 0.0400 e. The van der Waals surface area contributed by atoms with Crippen molar-refractivity contribution in [2.75, 3.05) is 5.32 Å². The zero-order chi connectivity index (χ0) is 13.0. The van der Waals surface area contributed by atoms with E-state index in [1.165, 1.54) is 22.3 Å². The van der Waals surface area contributed by atoms with Gasteiger partial charge >= 0.3 is 0 Å². The monoisotopic (exact) mass is 240 g/mol. The van der Waals surface area contributed by atoms with Crippen LogP contribution in [-0.4, -0.2) is 0 Å². The second-order valence-electron chi connectivity index (χ2n) is 4.68. The Hall–Kier alpha value is -1.80. The number of hydrogen-bond donors (Lipinski definition) is 2. The molecule has 0 aliphatic rings. The summed E-state index contributed by atoms with van der Waals surface area (Å²) in [6, 6.07) is 14.8. The zero-order valence-electron chi connectivity index (χ0n) is 11.0.